The van der Waals surface area contributed by atoms with Crippen molar-refractivity contribution in [3.05, 3.63) is 64.2 Å². The van der Waals surface area contributed by atoms with Gasteiger partial charge < -0.3 is 9.47 Å². The van der Waals surface area contributed by atoms with Crippen molar-refractivity contribution in [1.29, 1.82) is 0 Å². The van der Waals surface area contributed by atoms with Gasteiger partial charge in [0.15, 0.2) is 0 Å². The number of hydrogen-bond donors (Lipinski definition) is 0. The van der Waals surface area contributed by atoms with Gasteiger partial charge in [0.25, 0.3) is 0 Å². The monoisotopic (exact) mass is 442 g/mol. The van der Waals surface area contributed by atoms with Crippen molar-refractivity contribution >= 4 is 26.4 Å². The lowest BCUT2D eigenvalue weighted by Gasteiger charge is -2.32. The van der Waals surface area contributed by atoms with Crippen LogP contribution in [0.1, 0.15) is 32.3 Å². The van der Waals surface area contributed by atoms with Crippen LogP contribution in [0.25, 0.3) is 10.9 Å². The van der Waals surface area contributed by atoms with Crippen LogP contribution < -0.4 is 10.3 Å². The van der Waals surface area contributed by atoms with Gasteiger partial charge in [-0.15, -0.1) is 0 Å². The van der Waals surface area contributed by atoms with Crippen molar-refractivity contribution in [1.82, 2.24) is 4.57 Å². The number of aryl methyl sites for hydroxylation is 2. The van der Waals surface area contributed by atoms with Gasteiger partial charge in [-0.25, -0.2) is 12.8 Å². The van der Waals surface area contributed by atoms with E-state index in [9.17, 15) is 13.2 Å². The number of rotatable bonds is 4. The third-order valence-electron chi connectivity index (χ3n) is 6.20. The van der Waals surface area contributed by atoms with Crippen molar-refractivity contribution in [3.63, 3.8) is 0 Å². The van der Waals surface area contributed by atoms with E-state index >= 15 is 4.39 Å². The molecular formula is C24H27FN2O3S. The van der Waals surface area contributed by atoms with E-state index in [1.165, 1.54) is 24.4 Å². The number of hydrogen-bond acceptors (Lipinski definition) is 4. The molecule has 1 aliphatic heterocycles. The molecule has 1 saturated heterocycles. The first-order valence-electron chi connectivity index (χ1n) is 10.7. The van der Waals surface area contributed by atoms with Crippen LogP contribution in [0, 0.1) is 18.7 Å². The van der Waals surface area contributed by atoms with E-state index in [-0.39, 0.29) is 15.2 Å². The second-order valence-electron chi connectivity index (χ2n) is 8.42. The van der Waals surface area contributed by atoms with Crippen LogP contribution >= 0.6 is 0 Å². The highest BCUT2D eigenvalue weighted by Crippen LogP contribution is 2.30. The summed E-state index contributed by atoms with van der Waals surface area (Å²) in [6.45, 7) is 7.91. The van der Waals surface area contributed by atoms with Gasteiger partial charge in [0.2, 0.25) is 15.3 Å². The molecule has 0 radical (unpaired) electrons. The summed E-state index contributed by atoms with van der Waals surface area (Å²) in [4.78, 5) is 14.9. The van der Waals surface area contributed by atoms with E-state index in [1.54, 1.807) is 22.8 Å². The van der Waals surface area contributed by atoms with Crippen LogP contribution in [-0.4, -0.2) is 26.1 Å². The van der Waals surface area contributed by atoms with Crippen molar-refractivity contribution in [2.75, 3.05) is 18.0 Å². The van der Waals surface area contributed by atoms with Crippen LogP contribution in [-0.2, 0) is 16.4 Å². The second-order valence-corrected chi connectivity index (χ2v) is 10.3. The fourth-order valence-corrected chi connectivity index (χ4v) is 5.53. The van der Waals surface area contributed by atoms with Crippen LogP contribution in [0.2, 0.25) is 0 Å². The maximum absolute atomic E-state index is 15.1. The van der Waals surface area contributed by atoms with Gasteiger partial charge in [0, 0.05) is 25.8 Å². The third kappa shape index (κ3) is 3.87. The Morgan fingerprint density at radius 3 is 2.35 bits per heavy atom. The normalized spacial score (nSPS) is 15.5. The Labute approximate surface area is 182 Å². The predicted molar refractivity (Wildman–Crippen MR) is 121 cm³/mol. The summed E-state index contributed by atoms with van der Waals surface area (Å²) >= 11 is 0. The van der Waals surface area contributed by atoms with Crippen LogP contribution in [0.5, 0.6) is 0 Å². The zero-order valence-corrected chi connectivity index (χ0v) is 18.9. The minimum absolute atomic E-state index is 0.0525. The number of fused-ring (bicyclic) bond motifs is 1. The van der Waals surface area contributed by atoms with E-state index in [0.717, 1.165) is 31.5 Å². The van der Waals surface area contributed by atoms with Crippen molar-refractivity contribution in [2.24, 2.45) is 5.92 Å². The molecule has 0 N–H and O–H groups in total. The first-order valence-corrected chi connectivity index (χ1v) is 12.1. The van der Waals surface area contributed by atoms with E-state index in [0.29, 0.717) is 23.7 Å². The molecule has 0 spiro atoms. The Morgan fingerprint density at radius 1 is 1.10 bits per heavy atom. The van der Waals surface area contributed by atoms with Gasteiger partial charge in [-0.2, -0.15) is 0 Å². The van der Waals surface area contributed by atoms with Gasteiger partial charge in [-0.3, -0.25) is 4.79 Å². The highest BCUT2D eigenvalue weighted by molar-refractivity contribution is 7.91. The van der Waals surface area contributed by atoms with Gasteiger partial charge in [-0.05, 0) is 56.9 Å². The molecule has 2 aromatic carbocycles. The molecule has 0 bridgehead atoms. The predicted octanol–water partition coefficient (Wildman–Crippen LogP) is 4.54. The molecule has 7 heteroatoms. The summed E-state index contributed by atoms with van der Waals surface area (Å²) in [5.74, 6) is 0.120. The van der Waals surface area contributed by atoms with Gasteiger partial charge in [-0.1, -0.05) is 24.6 Å². The quantitative estimate of drug-likeness (QED) is 0.595. The summed E-state index contributed by atoms with van der Waals surface area (Å²) < 4.78 is 43.2. The molecule has 31 heavy (non-hydrogen) atoms. The first-order chi connectivity index (χ1) is 14.7. The van der Waals surface area contributed by atoms with Crippen molar-refractivity contribution < 1.29 is 12.8 Å². The summed E-state index contributed by atoms with van der Waals surface area (Å²) in [5, 5.41) is 0.0849. The Balaban J connectivity index is 1.89. The highest BCUT2D eigenvalue weighted by Gasteiger charge is 2.26. The standard InChI is InChI=1S/C24H27FN2O3S/c1-4-26-15-23(31(29,30)18-7-5-16(2)6-8-18)24(28)19-13-20(25)22(14-21(19)26)27-11-9-17(3)10-12-27/h5-8,13-15,17H,4,9-12H2,1-3H3. The number of halogens is 1. The summed E-state index contributed by atoms with van der Waals surface area (Å²) in [6, 6.07) is 9.26. The number of pyridine rings is 1. The Bertz CT molecular complexity index is 1290. The molecule has 5 nitrogen and oxygen atoms in total. The molecule has 164 valence electrons. The molecular weight excluding hydrogens is 415 g/mol. The lowest BCUT2D eigenvalue weighted by Crippen LogP contribution is -2.33. The molecule has 2 heterocycles. The highest BCUT2D eigenvalue weighted by atomic mass is 32.2. The lowest BCUT2D eigenvalue weighted by molar-refractivity contribution is 0.434. The minimum atomic E-state index is -4.03. The topological polar surface area (TPSA) is 59.4 Å². The smallest absolute Gasteiger partial charge is 0.211 e. The Morgan fingerprint density at radius 2 is 1.74 bits per heavy atom. The number of sulfone groups is 1. The average molecular weight is 443 g/mol. The average Bonchev–Trinajstić information content (AvgIpc) is 2.75. The minimum Gasteiger partial charge on any atom is -0.369 e. The fraction of sp³-hybridized carbons (Fsp3) is 0.375. The number of piperidine rings is 1. The molecule has 0 aliphatic carbocycles. The zero-order valence-electron chi connectivity index (χ0n) is 18.1. The summed E-state index contributed by atoms with van der Waals surface area (Å²) in [5.41, 5.74) is 1.27. The molecule has 0 atom stereocenters. The van der Waals surface area contributed by atoms with E-state index < -0.39 is 21.1 Å². The number of nitrogens with zero attached hydrogens (tertiary/aromatic N) is 2. The van der Waals surface area contributed by atoms with Crippen molar-refractivity contribution in [3.8, 4) is 0 Å². The molecule has 4 rings (SSSR count). The third-order valence-corrected chi connectivity index (χ3v) is 7.96. The van der Waals surface area contributed by atoms with Gasteiger partial charge in [0.1, 0.15) is 10.7 Å². The van der Waals surface area contributed by atoms with Gasteiger partial charge >= 0.3 is 0 Å². The summed E-state index contributed by atoms with van der Waals surface area (Å²) in [6.07, 6.45) is 3.37. The lowest BCUT2D eigenvalue weighted by atomic mass is 9.98. The first kappa shape index (κ1) is 21.6. The molecule has 0 saturated carbocycles. The van der Waals surface area contributed by atoms with Crippen LogP contribution in [0.15, 0.2) is 57.2 Å². The Kier molecular flexibility index (Phi) is 5.64. The maximum Gasteiger partial charge on any atom is 0.211 e. The molecule has 0 amide bonds. The second kappa shape index (κ2) is 8.11. The fourth-order valence-electron chi connectivity index (χ4n) is 4.16. The Hall–Kier alpha value is -2.67. The zero-order chi connectivity index (χ0) is 22.3. The molecule has 1 aliphatic rings. The number of aromatic nitrogens is 1. The van der Waals surface area contributed by atoms with Crippen molar-refractivity contribution in [2.45, 2.75) is 49.9 Å². The number of anilines is 1. The summed E-state index contributed by atoms with van der Waals surface area (Å²) in [7, 11) is -4.03. The number of benzene rings is 2. The van der Waals surface area contributed by atoms with E-state index in [1.807, 2.05) is 18.7 Å². The van der Waals surface area contributed by atoms with E-state index in [2.05, 4.69) is 6.92 Å². The van der Waals surface area contributed by atoms with Crippen LogP contribution in [0.4, 0.5) is 10.1 Å². The maximum atomic E-state index is 15.1. The molecule has 1 fully saturated rings. The van der Waals surface area contributed by atoms with E-state index in [4.69, 9.17) is 0 Å². The molecule has 1 aromatic heterocycles. The molecule has 3 aromatic rings. The van der Waals surface area contributed by atoms with Crippen LogP contribution in [0.3, 0.4) is 0 Å². The molecule has 0 unspecified atom stereocenters. The largest absolute Gasteiger partial charge is 0.369 e. The van der Waals surface area contributed by atoms with Gasteiger partial charge in [0.05, 0.1) is 21.5 Å². The SMILES string of the molecule is CCn1cc(S(=O)(=O)c2ccc(C)cc2)c(=O)c2cc(F)c(N3CCC(C)CC3)cc21.